The highest BCUT2D eigenvalue weighted by molar-refractivity contribution is 7.15. The molecule has 0 atom stereocenters. The van der Waals surface area contributed by atoms with E-state index < -0.39 is 0 Å². The molecule has 0 spiro atoms. The van der Waals surface area contributed by atoms with E-state index in [1.165, 1.54) is 11.3 Å². The van der Waals surface area contributed by atoms with Crippen molar-refractivity contribution in [3.8, 4) is 28.7 Å². The van der Waals surface area contributed by atoms with Crippen LogP contribution in [-0.2, 0) is 0 Å². The molecular formula is C20H11N5OS. The quantitative estimate of drug-likeness (QED) is 0.512. The molecule has 5 rings (SSSR count). The van der Waals surface area contributed by atoms with E-state index in [9.17, 15) is 4.79 Å². The zero-order chi connectivity index (χ0) is 18.4. The molecule has 0 fully saturated rings. The van der Waals surface area contributed by atoms with Gasteiger partial charge in [0.1, 0.15) is 11.4 Å². The highest BCUT2D eigenvalue weighted by atomic mass is 32.1. The lowest BCUT2D eigenvalue weighted by molar-refractivity contribution is 1.16. The molecule has 0 aliphatic carbocycles. The molecule has 0 bridgehead atoms. The summed E-state index contributed by atoms with van der Waals surface area (Å²) in [4.78, 5) is 25.8. The Labute approximate surface area is 157 Å². The van der Waals surface area contributed by atoms with Gasteiger partial charge < -0.3 is 4.98 Å². The molecule has 5 aromatic rings. The maximum atomic E-state index is 12.8. The Kier molecular flexibility index (Phi) is 3.38. The van der Waals surface area contributed by atoms with Gasteiger partial charge in [0, 0.05) is 17.1 Å². The van der Waals surface area contributed by atoms with Gasteiger partial charge in [-0.2, -0.15) is 5.26 Å². The molecule has 1 N–H and O–H groups in total. The van der Waals surface area contributed by atoms with E-state index in [2.05, 4.69) is 16.0 Å². The molecule has 3 heterocycles. The summed E-state index contributed by atoms with van der Waals surface area (Å²) in [5, 5.41) is 11.1. The number of rotatable bonds is 2. The van der Waals surface area contributed by atoms with Crippen molar-refractivity contribution >= 4 is 27.3 Å². The minimum absolute atomic E-state index is 0.280. The number of hydrogen-bond acceptors (Lipinski definition) is 5. The molecule has 0 unspecified atom stereocenters. The lowest BCUT2D eigenvalue weighted by Gasteiger charge is -2.05. The number of imidazole rings is 1. The zero-order valence-electron chi connectivity index (χ0n) is 13.9. The maximum absolute atomic E-state index is 12.8. The van der Waals surface area contributed by atoms with Gasteiger partial charge in [-0.25, -0.2) is 9.97 Å². The first-order chi connectivity index (χ1) is 13.2. The van der Waals surface area contributed by atoms with Crippen LogP contribution in [0.2, 0.25) is 0 Å². The lowest BCUT2D eigenvalue weighted by Crippen LogP contribution is -2.13. The Morgan fingerprint density at radius 3 is 2.74 bits per heavy atom. The van der Waals surface area contributed by atoms with Crippen molar-refractivity contribution in [2.45, 2.75) is 0 Å². The van der Waals surface area contributed by atoms with Crippen LogP contribution in [-0.4, -0.2) is 19.4 Å². The van der Waals surface area contributed by atoms with Crippen molar-refractivity contribution in [3.63, 3.8) is 0 Å². The Morgan fingerprint density at radius 2 is 1.93 bits per heavy atom. The van der Waals surface area contributed by atoms with Gasteiger partial charge in [-0.1, -0.05) is 30.3 Å². The largest absolute Gasteiger partial charge is 0.319 e. The van der Waals surface area contributed by atoms with Crippen LogP contribution in [0.3, 0.4) is 0 Å². The number of nitrogens with zero attached hydrogens (tertiary/aromatic N) is 4. The third-order valence-corrected chi connectivity index (χ3v) is 5.11. The first kappa shape index (κ1) is 15.5. The van der Waals surface area contributed by atoms with Crippen LogP contribution in [0.25, 0.3) is 38.6 Å². The zero-order valence-corrected chi connectivity index (χ0v) is 14.7. The van der Waals surface area contributed by atoms with Crippen LogP contribution in [0, 0.1) is 11.3 Å². The summed E-state index contributed by atoms with van der Waals surface area (Å²) < 4.78 is 1.88. The van der Waals surface area contributed by atoms with Crippen LogP contribution in [0.4, 0.5) is 0 Å². The highest BCUT2D eigenvalue weighted by Gasteiger charge is 2.20. The third-order valence-electron chi connectivity index (χ3n) is 4.36. The predicted octanol–water partition coefficient (Wildman–Crippen LogP) is 3.84. The number of nitrogens with one attached hydrogen (secondary N) is 1. The second-order valence-corrected chi connectivity index (χ2v) is 6.86. The van der Waals surface area contributed by atoms with Crippen LogP contribution >= 0.6 is 11.3 Å². The molecule has 27 heavy (non-hydrogen) atoms. The lowest BCUT2D eigenvalue weighted by atomic mass is 10.1. The second kappa shape index (κ2) is 5.90. The van der Waals surface area contributed by atoms with Gasteiger partial charge in [0.15, 0.2) is 10.7 Å². The second-order valence-electron chi connectivity index (χ2n) is 5.99. The van der Waals surface area contributed by atoms with Crippen molar-refractivity contribution in [2.75, 3.05) is 0 Å². The molecule has 0 radical (unpaired) electrons. The van der Waals surface area contributed by atoms with E-state index in [4.69, 9.17) is 10.2 Å². The van der Waals surface area contributed by atoms with Gasteiger partial charge in [-0.15, -0.1) is 11.3 Å². The monoisotopic (exact) mass is 369 g/mol. The number of aromatic nitrogens is 4. The van der Waals surface area contributed by atoms with Crippen molar-refractivity contribution < 1.29 is 0 Å². The number of aromatic amines is 1. The van der Waals surface area contributed by atoms with Gasteiger partial charge >= 0.3 is 0 Å². The van der Waals surface area contributed by atoms with Crippen molar-refractivity contribution in [1.82, 2.24) is 19.4 Å². The van der Waals surface area contributed by atoms with Gasteiger partial charge in [0.2, 0.25) is 0 Å². The first-order valence-corrected chi connectivity index (χ1v) is 9.08. The Hall–Kier alpha value is -3.76. The SMILES string of the molecule is N#Cc1ccc2[nH]c(=O)c(-c3c(-c4ccccc4)nc4sccn34)nc2c1. The van der Waals surface area contributed by atoms with Gasteiger partial charge in [0.25, 0.3) is 5.56 Å². The van der Waals surface area contributed by atoms with Gasteiger partial charge in [-0.05, 0) is 18.2 Å². The summed E-state index contributed by atoms with van der Waals surface area (Å²) in [6, 6.07) is 16.8. The molecule has 0 aliphatic rings. The molecule has 0 saturated heterocycles. The summed E-state index contributed by atoms with van der Waals surface area (Å²) >= 11 is 1.50. The smallest absolute Gasteiger partial charge is 0.276 e. The van der Waals surface area contributed by atoms with E-state index in [0.717, 1.165) is 10.5 Å². The number of fused-ring (bicyclic) bond motifs is 2. The Balaban J connectivity index is 1.86. The highest BCUT2D eigenvalue weighted by Crippen LogP contribution is 2.32. The molecule has 7 heteroatoms. The van der Waals surface area contributed by atoms with Crippen molar-refractivity contribution in [1.29, 1.82) is 5.26 Å². The minimum Gasteiger partial charge on any atom is -0.319 e. The number of H-pyrrole nitrogens is 1. The van der Waals surface area contributed by atoms with E-state index in [-0.39, 0.29) is 11.3 Å². The molecule has 0 amide bonds. The van der Waals surface area contributed by atoms with Crippen LogP contribution in [0.1, 0.15) is 5.56 Å². The van der Waals surface area contributed by atoms with Crippen molar-refractivity contribution in [2.24, 2.45) is 0 Å². The average molecular weight is 369 g/mol. The summed E-state index contributed by atoms with van der Waals surface area (Å²) in [7, 11) is 0. The molecule has 0 saturated carbocycles. The molecule has 0 aliphatic heterocycles. The topological polar surface area (TPSA) is 86.8 Å². The van der Waals surface area contributed by atoms with Gasteiger partial charge in [-0.3, -0.25) is 9.20 Å². The molecule has 3 aromatic heterocycles. The summed E-state index contributed by atoms with van der Waals surface area (Å²) in [6.07, 6.45) is 1.88. The Bertz CT molecular complexity index is 1410. The number of nitriles is 1. The first-order valence-electron chi connectivity index (χ1n) is 8.20. The van der Waals surface area contributed by atoms with Crippen LogP contribution in [0.15, 0.2) is 64.9 Å². The fourth-order valence-corrected chi connectivity index (χ4v) is 3.84. The normalized spacial score (nSPS) is 11.1. The summed E-state index contributed by atoms with van der Waals surface area (Å²) in [5.74, 6) is 0. The predicted molar refractivity (Wildman–Crippen MR) is 105 cm³/mol. The van der Waals surface area contributed by atoms with E-state index in [1.54, 1.807) is 18.2 Å². The summed E-state index contributed by atoms with van der Waals surface area (Å²) in [5.41, 5.74) is 3.89. The average Bonchev–Trinajstić information content (AvgIpc) is 3.29. The molecular weight excluding hydrogens is 358 g/mol. The maximum Gasteiger partial charge on any atom is 0.276 e. The molecule has 2 aromatic carbocycles. The van der Waals surface area contributed by atoms with E-state index in [0.29, 0.717) is 28.0 Å². The van der Waals surface area contributed by atoms with Crippen LogP contribution < -0.4 is 5.56 Å². The molecule has 128 valence electrons. The number of benzene rings is 2. The van der Waals surface area contributed by atoms with E-state index >= 15 is 0 Å². The standard InChI is InChI=1S/C20H11N5OS/c21-11-12-6-7-14-15(10-12)22-17(19(26)23-14)18-16(13-4-2-1-3-5-13)24-20-25(18)8-9-27-20/h1-10H,(H,23,26). The third kappa shape index (κ3) is 2.43. The van der Waals surface area contributed by atoms with E-state index in [1.807, 2.05) is 46.3 Å². The minimum atomic E-state index is -0.294. The fourth-order valence-electron chi connectivity index (χ4n) is 3.12. The molecule has 6 nitrogen and oxygen atoms in total. The van der Waals surface area contributed by atoms with Crippen molar-refractivity contribution in [3.05, 3.63) is 76.0 Å². The number of thiazole rings is 1. The summed E-state index contributed by atoms with van der Waals surface area (Å²) in [6.45, 7) is 0. The number of hydrogen-bond donors (Lipinski definition) is 1. The van der Waals surface area contributed by atoms with Crippen LogP contribution in [0.5, 0.6) is 0 Å². The fraction of sp³-hybridized carbons (Fsp3) is 0. The van der Waals surface area contributed by atoms with Gasteiger partial charge in [0.05, 0.1) is 22.7 Å². The Morgan fingerprint density at radius 1 is 1.07 bits per heavy atom.